The van der Waals surface area contributed by atoms with E-state index in [0.29, 0.717) is 5.56 Å². The topological polar surface area (TPSA) is 166 Å². The molecule has 2 heterocycles. The molecule has 1 aromatic carbocycles. The fourth-order valence-electron chi connectivity index (χ4n) is 3.02. The zero-order valence-electron chi connectivity index (χ0n) is 14.2. The zero-order valence-corrected chi connectivity index (χ0v) is 14.2. The van der Waals surface area contributed by atoms with E-state index in [1.54, 1.807) is 30.3 Å². The summed E-state index contributed by atoms with van der Waals surface area (Å²) in [4.78, 5) is 26.0. The van der Waals surface area contributed by atoms with Crippen LogP contribution >= 0.6 is 0 Å². The van der Waals surface area contributed by atoms with Crippen LogP contribution in [0.3, 0.4) is 0 Å². The SMILES string of the molecule is NC1(C(=O)c2ccccc2)C=CN([C@@H]2O[C@H](CO)[C@@H](O)[C@H](O)[C@H]2O)C(=O)N1. The summed E-state index contributed by atoms with van der Waals surface area (Å²) < 4.78 is 5.33. The van der Waals surface area contributed by atoms with E-state index in [9.17, 15) is 30.0 Å². The Labute approximate surface area is 154 Å². The number of urea groups is 1. The van der Waals surface area contributed by atoms with Gasteiger partial charge in [-0.3, -0.25) is 15.4 Å². The van der Waals surface area contributed by atoms with Gasteiger partial charge in [-0.2, -0.15) is 0 Å². The van der Waals surface area contributed by atoms with Gasteiger partial charge in [-0.1, -0.05) is 30.3 Å². The molecular weight excluding hydrogens is 358 g/mol. The fraction of sp³-hybridized carbons (Fsp3) is 0.412. The molecule has 27 heavy (non-hydrogen) atoms. The summed E-state index contributed by atoms with van der Waals surface area (Å²) in [6.07, 6.45) is -5.02. The summed E-state index contributed by atoms with van der Waals surface area (Å²) in [5.74, 6) is -0.541. The Bertz CT molecular complexity index is 741. The van der Waals surface area contributed by atoms with Crippen molar-refractivity contribution >= 4 is 11.8 Å². The number of amides is 2. The van der Waals surface area contributed by atoms with Crippen LogP contribution in [0.25, 0.3) is 0 Å². The van der Waals surface area contributed by atoms with Crippen molar-refractivity contribution in [3.63, 3.8) is 0 Å². The van der Waals surface area contributed by atoms with Crippen LogP contribution in [-0.4, -0.2) is 80.1 Å². The molecule has 2 amide bonds. The predicted molar refractivity (Wildman–Crippen MR) is 91.0 cm³/mol. The standard InChI is InChI=1S/C17H21N3O7/c18-17(14(25)9-4-2-1-3-5-9)6-7-20(16(26)19-17)15-13(24)12(23)11(22)10(8-21)27-15/h1-7,10-13,15,21-24H,8,18H2,(H,19,26)/t10-,11-,12+,13-,15-,17?/m1/s1. The van der Waals surface area contributed by atoms with Crippen molar-refractivity contribution in [3.8, 4) is 0 Å². The highest BCUT2D eigenvalue weighted by Gasteiger charge is 2.49. The minimum atomic E-state index is -1.80. The number of carbonyl (C=O) groups excluding carboxylic acids is 2. The Kier molecular flexibility index (Phi) is 5.29. The quantitative estimate of drug-likeness (QED) is 0.323. The van der Waals surface area contributed by atoms with Crippen molar-refractivity contribution in [2.75, 3.05) is 6.61 Å². The first kappa shape index (κ1) is 19.4. The van der Waals surface area contributed by atoms with Crippen LogP contribution in [0.1, 0.15) is 10.4 Å². The highest BCUT2D eigenvalue weighted by molar-refractivity contribution is 6.06. The van der Waals surface area contributed by atoms with Crippen LogP contribution in [-0.2, 0) is 4.74 Å². The number of nitrogens with zero attached hydrogens (tertiary/aromatic N) is 1. The molecule has 0 aliphatic carbocycles. The largest absolute Gasteiger partial charge is 0.394 e. The van der Waals surface area contributed by atoms with Gasteiger partial charge in [-0.25, -0.2) is 4.79 Å². The lowest BCUT2D eigenvalue weighted by atomic mass is 9.96. The Morgan fingerprint density at radius 2 is 1.85 bits per heavy atom. The summed E-state index contributed by atoms with van der Waals surface area (Å²) >= 11 is 0. The maximum atomic E-state index is 12.6. The first-order valence-corrected chi connectivity index (χ1v) is 8.27. The molecule has 10 nitrogen and oxygen atoms in total. The van der Waals surface area contributed by atoms with E-state index in [1.807, 2.05) is 0 Å². The number of rotatable bonds is 4. The summed E-state index contributed by atoms with van der Waals surface area (Å²) in [5.41, 5.74) is 4.52. The van der Waals surface area contributed by atoms with Crippen molar-refractivity contribution in [2.24, 2.45) is 5.73 Å². The highest BCUT2D eigenvalue weighted by Crippen LogP contribution is 2.26. The van der Waals surface area contributed by atoms with Crippen LogP contribution in [0.2, 0.25) is 0 Å². The first-order chi connectivity index (χ1) is 12.8. The molecule has 2 aliphatic rings. The van der Waals surface area contributed by atoms with Crippen LogP contribution in [0.4, 0.5) is 4.79 Å². The number of ketones is 1. The molecule has 10 heteroatoms. The first-order valence-electron chi connectivity index (χ1n) is 8.27. The van der Waals surface area contributed by atoms with Gasteiger partial charge in [0.05, 0.1) is 6.61 Å². The third-order valence-electron chi connectivity index (χ3n) is 4.60. The lowest BCUT2D eigenvalue weighted by Crippen LogP contribution is -2.69. The Hall–Kier alpha value is -2.34. The van der Waals surface area contributed by atoms with Gasteiger partial charge in [0.1, 0.15) is 24.4 Å². The maximum Gasteiger partial charge on any atom is 0.325 e. The molecule has 1 saturated heterocycles. The molecule has 0 radical (unpaired) electrons. The molecule has 0 spiro atoms. The number of carbonyl (C=O) groups is 2. The minimum Gasteiger partial charge on any atom is -0.394 e. The molecule has 0 bridgehead atoms. The molecule has 0 aromatic heterocycles. The van der Waals surface area contributed by atoms with E-state index in [1.165, 1.54) is 6.08 Å². The van der Waals surface area contributed by atoms with Gasteiger partial charge < -0.3 is 30.5 Å². The third-order valence-corrected chi connectivity index (χ3v) is 4.60. The number of hydrogen-bond acceptors (Lipinski definition) is 8. The highest BCUT2D eigenvalue weighted by atomic mass is 16.6. The monoisotopic (exact) mass is 379 g/mol. The molecule has 2 aliphatic heterocycles. The van der Waals surface area contributed by atoms with Crippen molar-refractivity contribution in [1.82, 2.24) is 10.2 Å². The van der Waals surface area contributed by atoms with Crippen molar-refractivity contribution in [2.45, 2.75) is 36.3 Å². The second kappa shape index (κ2) is 7.35. The number of Topliss-reactive ketones (excluding diaryl/α,β-unsaturated/α-hetero) is 1. The van der Waals surface area contributed by atoms with E-state index in [0.717, 1.165) is 11.1 Å². The minimum absolute atomic E-state index is 0.297. The van der Waals surface area contributed by atoms with Gasteiger partial charge in [-0.15, -0.1) is 0 Å². The number of hydrogen-bond donors (Lipinski definition) is 6. The Morgan fingerprint density at radius 1 is 1.19 bits per heavy atom. The Morgan fingerprint density at radius 3 is 2.44 bits per heavy atom. The normalized spacial score (nSPS) is 36.4. The molecule has 0 saturated carbocycles. The molecule has 7 N–H and O–H groups in total. The molecule has 3 rings (SSSR count). The average Bonchev–Trinajstić information content (AvgIpc) is 2.67. The number of ether oxygens (including phenoxy) is 1. The Balaban J connectivity index is 1.83. The van der Waals surface area contributed by atoms with E-state index in [4.69, 9.17) is 10.5 Å². The van der Waals surface area contributed by atoms with Crippen LogP contribution in [0.15, 0.2) is 42.6 Å². The smallest absolute Gasteiger partial charge is 0.325 e. The molecule has 1 unspecified atom stereocenters. The molecule has 6 atom stereocenters. The van der Waals surface area contributed by atoms with Gasteiger partial charge in [0.15, 0.2) is 11.9 Å². The van der Waals surface area contributed by atoms with Gasteiger partial charge in [-0.05, 0) is 6.08 Å². The number of aliphatic hydroxyl groups excluding tert-OH is 4. The van der Waals surface area contributed by atoms with Gasteiger partial charge in [0.25, 0.3) is 0 Å². The summed E-state index contributed by atoms with van der Waals surface area (Å²) in [5, 5.41) is 41.4. The molecule has 1 fully saturated rings. The summed E-state index contributed by atoms with van der Waals surface area (Å²) in [6.45, 7) is -0.631. The predicted octanol–water partition coefficient (Wildman–Crippen LogP) is -2.14. The van der Waals surface area contributed by atoms with Crippen molar-refractivity contribution in [3.05, 3.63) is 48.2 Å². The van der Waals surface area contributed by atoms with E-state index < -0.39 is 54.7 Å². The number of benzene rings is 1. The molecule has 1 aromatic rings. The van der Waals surface area contributed by atoms with Gasteiger partial charge >= 0.3 is 6.03 Å². The van der Waals surface area contributed by atoms with Crippen LogP contribution in [0, 0.1) is 0 Å². The fourth-order valence-corrected chi connectivity index (χ4v) is 3.02. The third kappa shape index (κ3) is 3.46. The lowest BCUT2D eigenvalue weighted by Gasteiger charge is -2.45. The second-order valence-electron chi connectivity index (χ2n) is 6.44. The second-order valence-corrected chi connectivity index (χ2v) is 6.44. The van der Waals surface area contributed by atoms with Gasteiger partial charge in [0.2, 0.25) is 5.78 Å². The zero-order chi connectivity index (χ0) is 19.8. The summed E-state index contributed by atoms with van der Waals surface area (Å²) in [6, 6.07) is 7.31. The van der Waals surface area contributed by atoms with Crippen LogP contribution < -0.4 is 11.1 Å². The van der Waals surface area contributed by atoms with E-state index >= 15 is 0 Å². The van der Waals surface area contributed by atoms with Crippen molar-refractivity contribution in [1.29, 1.82) is 0 Å². The maximum absolute atomic E-state index is 12.6. The summed E-state index contributed by atoms with van der Waals surface area (Å²) in [7, 11) is 0. The molecular formula is C17H21N3O7. The van der Waals surface area contributed by atoms with E-state index in [2.05, 4.69) is 5.32 Å². The average molecular weight is 379 g/mol. The lowest BCUT2D eigenvalue weighted by molar-refractivity contribution is -0.252. The number of nitrogens with one attached hydrogen (secondary N) is 1. The van der Waals surface area contributed by atoms with Crippen molar-refractivity contribution < 1.29 is 34.8 Å². The number of nitrogens with two attached hydrogens (primary N) is 1. The van der Waals surface area contributed by atoms with Gasteiger partial charge in [0, 0.05) is 11.8 Å². The molecule has 146 valence electrons. The number of aliphatic hydroxyl groups is 4. The van der Waals surface area contributed by atoms with E-state index in [-0.39, 0.29) is 0 Å². The van der Waals surface area contributed by atoms with Crippen LogP contribution in [0.5, 0.6) is 0 Å².